The van der Waals surface area contributed by atoms with Crippen molar-refractivity contribution in [1.82, 2.24) is 10.2 Å². The molecule has 9 heteroatoms. The highest BCUT2D eigenvalue weighted by atomic mass is 32.1. The third-order valence-electron chi connectivity index (χ3n) is 7.75. The molecule has 3 rings (SSSR count). The van der Waals surface area contributed by atoms with Gasteiger partial charge in [0.1, 0.15) is 23.3 Å². The molecule has 0 radical (unpaired) electrons. The van der Waals surface area contributed by atoms with Gasteiger partial charge in [0, 0.05) is 50.2 Å². The van der Waals surface area contributed by atoms with E-state index in [0.717, 1.165) is 47.9 Å². The summed E-state index contributed by atoms with van der Waals surface area (Å²) < 4.78 is 11.4. The quantitative estimate of drug-likeness (QED) is 0.135. The van der Waals surface area contributed by atoms with Crippen molar-refractivity contribution < 1.29 is 19.1 Å². The largest absolute Gasteiger partial charge is 0.485 e. The second kappa shape index (κ2) is 22.2. The topological polar surface area (TPSA) is 83.5 Å². The van der Waals surface area contributed by atoms with Crippen LogP contribution in [0.3, 0.4) is 0 Å². The highest BCUT2D eigenvalue weighted by Gasteiger charge is 2.28. The van der Waals surface area contributed by atoms with E-state index in [4.69, 9.17) is 9.47 Å². The summed E-state index contributed by atoms with van der Waals surface area (Å²) in [4.78, 5) is 34.1. The number of ether oxygens (including phenoxy) is 2. The van der Waals surface area contributed by atoms with Gasteiger partial charge >= 0.3 is 5.97 Å². The van der Waals surface area contributed by atoms with E-state index in [0.29, 0.717) is 31.1 Å². The normalized spacial score (nSPS) is 15.3. The lowest BCUT2D eigenvalue weighted by Crippen LogP contribution is -2.34. The van der Waals surface area contributed by atoms with E-state index >= 15 is 0 Å². The highest BCUT2D eigenvalue weighted by molar-refractivity contribution is 7.10. The molecule has 1 aromatic heterocycles. The van der Waals surface area contributed by atoms with E-state index in [2.05, 4.69) is 60.4 Å². The van der Waals surface area contributed by atoms with Crippen molar-refractivity contribution in [3.05, 3.63) is 69.7 Å². The molecule has 1 amide bonds. The number of aliphatic imine (C=N–C) groups is 1. The van der Waals surface area contributed by atoms with Gasteiger partial charge < -0.3 is 24.6 Å². The van der Waals surface area contributed by atoms with Crippen molar-refractivity contribution in [3.63, 3.8) is 0 Å². The number of hydrogen-bond donors (Lipinski definition) is 1. The number of amides is 1. The van der Waals surface area contributed by atoms with Crippen molar-refractivity contribution in [2.45, 2.75) is 120 Å². The molecular formula is C40H64N4O4S. The summed E-state index contributed by atoms with van der Waals surface area (Å²) in [5.41, 5.74) is 2.32. The summed E-state index contributed by atoms with van der Waals surface area (Å²) in [7, 11) is 2.02. The first-order valence-corrected chi connectivity index (χ1v) is 18.8. The molecule has 1 aliphatic heterocycles. The van der Waals surface area contributed by atoms with Gasteiger partial charge in [0.25, 0.3) is 5.91 Å². The smallest absolute Gasteiger partial charge is 0.303 e. The van der Waals surface area contributed by atoms with Gasteiger partial charge in [-0.2, -0.15) is 0 Å². The fraction of sp³-hybridized carbons (Fsp3) is 0.575. The van der Waals surface area contributed by atoms with E-state index in [1.54, 1.807) is 11.3 Å². The zero-order valence-electron chi connectivity index (χ0n) is 32.6. The fourth-order valence-electron chi connectivity index (χ4n) is 4.95. The minimum atomic E-state index is -0.328. The maximum absolute atomic E-state index is 14.1. The molecular weight excluding hydrogens is 633 g/mol. The summed E-state index contributed by atoms with van der Waals surface area (Å²) in [5, 5.41) is 5.52. The second-order valence-corrected chi connectivity index (χ2v) is 14.1. The number of thiophene rings is 1. The number of benzene rings is 1. The maximum atomic E-state index is 14.1. The van der Waals surface area contributed by atoms with Crippen molar-refractivity contribution in [3.8, 4) is 5.75 Å². The number of nitrogens with one attached hydrogen (secondary N) is 1. The Balaban J connectivity index is 0.00000105. The van der Waals surface area contributed by atoms with Crippen LogP contribution < -0.4 is 15.0 Å². The molecule has 2 unspecified atom stereocenters. The molecule has 1 N–H and O–H groups in total. The van der Waals surface area contributed by atoms with Crippen LogP contribution in [0.2, 0.25) is 0 Å². The lowest BCUT2D eigenvalue weighted by molar-refractivity contribution is -0.151. The maximum Gasteiger partial charge on any atom is 0.303 e. The number of nitrogens with zero attached hydrogens (tertiary/aromatic N) is 3. The summed E-state index contributed by atoms with van der Waals surface area (Å²) in [6.07, 6.45) is 6.14. The zero-order chi connectivity index (χ0) is 37.1. The third-order valence-corrected chi connectivity index (χ3v) is 8.72. The first-order valence-electron chi connectivity index (χ1n) is 17.9. The Morgan fingerprint density at radius 3 is 2.29 bits per heavy atom. The number of rotatable bonds is 12. The van der Waals surface area contributed by atoms with Crippen LogP contribution in [-0.4, -0.2) is 54.9 Å². The summed E-state index contributed by atoms with van der Waals surface area (Å²) >= 11 is 1.74. The minimum absolute atomic E-state index is 0.00226. The minimum Gasteiger partial charge on any atom is -0.485 e. The van der Waals surface area contributed by atoms with Crippen LogP contribution in [0.4, 0.5) is 5.69 Å². The molecule has 274 valence electrons. The number of carbonyl (C=O) groups is 2. The molecule has 49 heavy (non-hydrogen) atoms. The molecule has 0 spiro atoms. The van der Waals surface area contributed by atoms with E-state index in [-0.39, 0.29) is 23.6 Å². The first-order chi connectivity index (χ1) is 23.2. The van der Waals surface area contributed by atoms with Crippen molar-refractivity contribution in [2.75, 3.05) is 31.6 Å². The predicted molar refractivity (Wildman–Crippen MR) is 209 cm³/mol. The van der Waals surface area contributed by atoms with E-state index < -0.39 is 0 Å². The zero-order valence-corrected chi connectivity index (χ0v) is 33.4. The van der Waals surface area contributed by atoms with Crippen LogP contribution in [-0.2, 0) is 14.3 Å². The third kappa shape index (κ3) is 15.7. The van der Waals surface area contributed by atoms with Crippen LogP contribution in [0, 0.1) is 5.92 Å². The molecule has 8 nitrogen and oxygen atoms in total. The average molecular weight is 697 g/mol. The number of carbonyl (C=O) groups excluding carboxylic acids is 2. The number of likely N-dealkylation sites (N-methyl/N-ethyl adjacent to an activating group) is 1. The molecule has 0 bridgehead atoms. The number of esters is 1. The number of amidine groups is 1. The van der Waals surface area contributed by atoms with Gasteiger partial charge in [0.2, 0.25) is 0 Å². The SMILES string of the molecule is CC.CC(=O)OC(C)(C)C.CCN=C(C)NC1=C(/C=C(/C)CC)C(=O)N(c2cccc(OC(CCC(C)CC)c3cccs3)c2)CCN1C. The molecule has 0 aliphatic carbocycles. The second-order valence-electron chi connectivity index (χ2n) is 13.1. The number of anilines is 1. The number of allylic oxidation sites excluding steroid dienone is 1. The van der Waals surface area contributed by atoms with Crippen molar-refractivity contribution in [2.24, 2.45) is 10.9 Å². The van der Waals surface area contributed by atoms with E-state index in [1.807, 2.05) is 90.8 Å². The summed E-state index contributed by atoms with van der Waals surface area (Å²) in [5.74, 6) is 2.79. The van der Waals surface area contributed by atoms with Gasteiger partial charge in [-0.15, -0.1) is 11.3 Å². The Morgan fingerprint density at radius 1 is 1.06 bits per heavy atom. The first kappa shape index (κ1) is 43.4. The Morgan fingerprint density at radius 2 is 1.76 bits per heavy atom. The fourth-order valence-corrected chi connectivity index (χ4v) is 5.73. The number of hydrogen-bond acceptors (Lipinski definition) is 7. The Bertz CT molecular complexity index is 1370. The monoisotopic (exact) mass is 696 g/mol. The van der Waals surface area contributed by atoms with Crippen LogP contribution in [0.1, 0.15) is 120 Å². The van der Waals surface area contributed by atoms with Crippen LogP contribution in [0.25, 0.3) is 0 Å². The Labute approximate surface area is 301 Å². The van der Waals surface area contributed by atoms with Gasteiger partial charge in [-0.3, -0.25) is 14.6 Å². The van der Waals surface area contributed by atoms with Gasteiger partial charge in [-0.1, -0.05) is 58.7 Å². The molecule has 0 saturated carbocycles. The van der Waals surface area contributed by atoms with Crippen LogP contribution >= 0.6 is 11.3 Å². The molecule has 2 heterocycles. The highest BCUT2D eigenvalue weighted by Crippen LogP contribution is 2.33. The van der Waals surface area contributed by atoms with E-state index in [1.165, 1.54) is 18.2 Å². The molecule has 1 aliphatic rings. The van der Waals surface area contributed by atoms with Gasteiger partial charge in [-0.05, 0) is 96.4 Å². The average Bonchev–Trinajstić information content (AvgIpc) is 3.56. The Hall–Kier alpha value is -3.59. The van der Waals surface area contributed by atoms with Crippen molar-refractivity contribution in [1.29, 1.82) is 0 Å². The summed E-state index contributed by atoms with van der Waals surface area (Å²) in [6.45, 7) is 25.5. The molecule has 2 aromatic rings. The van der Waals surface area contributed by atoms with Crippen LogP contribution in [0.15, 0.2) is 69.8 Å². The van der Waals surface area contributed by atoms with Gasteiger partial charge in [-0.25, -0.2) is 0 Å². The Kier molecular flexibility index (Phi) is 19.7. The van der Waals surface area contributed by atoms with Crippen molar-refractivity contribution >= 4 is 34.7 Å². The lowest BCUT2D eigenvalue weighted by Gasteiger charge is -2.24. The van der Waals surface area contributed by atoms with E-state index in [9.17, 15) is 9.59 Å². The van der Waals surface area contributed by atoms with Gasteiger partial charge in [0.05, 0.1) is 11.4 Å². The molecule has 0 saturated heterocycles. The van der Waals surface area contributed by atoms with Gasteiger partial charge in [0.15, 0.2) is 0 Å². The lowest BCUT2D eigenvalue weighted by atomic mass is 10.00. The predicted octanol–water partition coefficient (Wildman–Crippen LogP) is 9.94. The summed E-state index contributed by atoms with van der Waals surface area (Å²) in [6, 6.07) is 12.2. The van der Waals surface area contributed by atoms with Crippen LogP contribution in [0.5, 0.6) is 5.75 Å². The molecule has 0 fully saturated rings. The molecule has 1 aromatic carbocycles. The standard InChI is InChI=1S/C32H46N4O2S.C6H12O2.C2H6/c1-8-23(4)16-17-29(30-15-12-20-39-30)38-27-14-11-13-26(22-27)36-19-18-35(7)31(34-25(6)33-10-3)28(32(36)37)21-24(5)9-2;1-5(7)8-6(2,3)4;1-2/h11-15,20-23,29H,8-10,16-19H2,1-7H3,(H,33,34);1-4H3;1-2H3/b24-21-;;. The molecule has 2 atom stereocenters.